The molecule has 0 unspecified atom stereocenters. The number of fused-ring (bicyclic) bond motifs is 1. The zero-order valence-electron chi connectivity index (χ0n) is 16.2. The largest absolute Gasteiger partial charge is 0.489 e. The Kier molecular flexibility index (Phi) is 6.77. The predicted molar refractivity (Wildman–Crippen MR) is 111 cm³/mol. The van der Waals surface area contributed by atoms with E-state index in [2.05, 4.69) is 5.32 Å². The van der Waals surface area contributed by atoms with Gasteiger partial charge in [-0.2, -0.15) is 0 Å². The third kappa shape index (κ3) is 5.74. The molecular formula is C22H22ClNO5. The molecule has 1 aliphatic rings. The van der Waals surface area contributed by atoms with Crippen molar-refractivity contribution in [3.05, 3.63) is 58.6 Å². The number of benzene rings is 2. The Balaban J connectivity index is 1.59. The lowest BCUT2D eigenvalue weighted by molar-refractivity contribution is -0.148. The molecule has 0 aliphatic carbocycles. The molecule has 0 aromatic heterocycles. The number of esters is 1. The molecule has 0 spiro atoms. The van der Waals surface area contributed by atoms with Crippen molar-refractivity contribution in [3.8, 4) is 11.5 Å². The number of amides is 1. The first-order valence-corrected chi connectivity index (χ1v) is 9.65. The van der Waals surface area contributed by atoms with Crippen molar-refractivity contribution >= 4 is 35.2 Å². The zero-order chi connectivity index (χ0) is 20.8. The number of nitrogens with one attached hydrogen (secondary N) is 1. The van der Waals surface area contributed by atoms with Gasteiger partial charge in [-0.05, 0) is 55.3 Å². The van der Waals surface area contributed by atoms with Gasteiger partial charge in [0.2, 0.25) is 0 Å². The van der Waals surface area contributed by atoms with Gasteiger partial charge in [0.1, 0.15) is 0 Å². The topological polar surface area (TPSA) is 73.9 Å². The first-order chi connectivity index (χ1) is 13.9. The normalized spacial score (nSPS) is 14.2. The SMILES string of the molecule is Cc1cccc(NC(=O)[C@@H](C)OC(=O)/C=C/c2cc(Cl)c3c(c2)OCCCO3)c1. The lowest BCUT2D eigenvalue weighted by Crippen LogP contribution is -2.29. The molecule has 1 heterocycles. The van der Waals surface area contributed by atoms with Crippen molar-refractivity contribution in [1.82, 2.24) is 0 Å². The van der Waals surface area contributed by atoms with Crippen LogP contribution in [0.2, 0.25) is 5.02 Å². The van der Waals surface area contributed by atoms with Gasteiger partial charge < -0.3 is 19.5 Å². The molecule has 1 atom stereocenters. The molecule has 0 radical (unpaired) electrons. The van der Waals surface area contributed by atoms with Crippen molar-refractivity contribution < 1.29 is 23.8 Å². The Morgan fingerprint density at radius 1 is 1.21 bits per heavy atom. The molecule has 1 aliphatic heterocycles. The molecule has 29 heavy (non-hydrogen) atoms. The van der Waals surface area contributed by atoms with Gasteiger partial charge in [-0.1, -0.05) is 23.7 Å². The van der Waals surface area contributed by atoms with Crippen LogP contribution in [0.5, 0.6) is 11.5 Å². The highest BCUT2D eigenvalue weighted by molar-refractivity contribution is 6.32. The fourth-order valence-corrected chi connectivity index (χ4v) is 3.02. The van der Waals surface area contributed by atoms with E-state index in [4.69, 9.17) is 25.8 Å². The molecule has 152 valence electrons. The highest BCUT2D eigenvalue weighted by atomic mass is 35.5. The molecule has 3 rings (SSSR count). The lowest BCUT2D eigenvalue weighted by atomic mass is 10.2. The molecule has 0 saturated heterocycles. The molecule has 0 fully saturated rings. The van der Waals surface area contributed by atoms with E-state index in [0.717, 1.165) is 12.0 Å². The minimum atomic E-state index is -0.944. The number of anilines is 1. The molecule has 7 heteroatoms. The maximum atomic E-state index is 12.2. The summed E-state index contributed by atoms with van der Waals surface area (Å²) in [5, 5.41) is 3.13. The molecular weight excluding hydrogens is 394 g/mol. The van der Waals surface area contributed by atoms with Gasteiger partial charge >= 0.3 is 5.97 Å². The average molecular weight is 416 g/mol. The predicted octanol–water partition coefficient (Wildman–Crippen LogP) is 4.39. The second-order valence-electron chi connectivity index (χ2n) is 6.65. The molecule has 0 bridgehead atoms. The minimum absolute atomic E-state index is 0.406. The summed E-state index contributed by atoms with van der Waals surface area (Å²) in [5.74, 6) is -0.00430. The van der Waals surface area contributed by atoms with Crippen molar-refractivity contribution in [1.29, 1.82) is 0 Å². The Morgan fingerprint density at radius 3 is 2.79 bits per heavy atom. The molecule has 2 aromatic rings. The first-order valence-electron chi connectivity index (χ1n) is 9.28. The van der Waals surface area contributed by atoms with Gasteiger partial charge in [0.15, 0.2) is 17.6 Å². The summed E-state index contributed by atoms with van der Waals surface area (Å²) in [5.41, 5.74) is 2.33. The van der Waals surface area contributed by atoms with E-state index in [-0.39, 0.29) is 0 Å². The number of aryl methyl sites for hydroxylation is 1. The van der Waals surface area contributed by atoms with E-state index < -0.39 is 18.0 Å². The van der Waals surface area contributed by atoms with Gasteiger partial charge in [0, 0.05) is 18.2 Å². The summed E-state index contributed by atoms with van der Waals surface area (Å²) in [7, 11) is 0. The van der Waals surface area contributed by atoms with Crippen molar-refractivity contribution in [2.75, 3.05) is 18.5 Å². The Bertz CT molecular complexity index is 941. The summed E-state index contributed by atoms with van der Waals surface area (Å²) in [6.07, 6.45) is 2.62. The van der Waals surface area contributed by atoms with Crippen LogP contribution >= 0.6 is 11.6 Å². The van der Waals surface area contributed by atoms with Crippen LogP contribution in [-0.4, -0.2) is 31.2 Å². The van der Waals surface area contributed by atoms with E-state index in [9.17, 15) is 9.59 Å². The zero-order valence-corrected chi connectivity index (χ0v) is 17.0. The molecule has 0 saturated carbocycles. The number of hydrogen-bond donors (Lipinski definition) is 1. The second kappa shape index (κ2) is 9.47. The fraction of sp³-hybridized carbons (Fsp3) is 0.273. The van der Waals surface area contributed by atoms with Gasteiger partial charge in [0.25, 0.3) is 5.91 Å². The van der Waals surface area contributed by atoms with E-state index >= 15 is 0 Å². The highest BCUT2D eigenvalue weighted by Gasteiger charge is 2.17. The van der Waals surface area contributed by atoms with E-state index in [0.29, 0.717) is 41.0 Å². The number of hydrogen-bond acceptors (Lipinski definition) is 5. The summed E-state index contributed by atoms with van der Waals surface area (Å²) in [6.45, 7) is 4.51. The molecule has 6 nitrogen and oxygen atoms in total. The number of halogens is 1. The quantitative estimate of drug-likeness (QED) is 0.579. The number of rotatable bonds is 5. The first kappa shape index (κ1) is 20.7. The Hall–Kier alpha value is -2.99. The summed E-state index contributed by atoms with van der Waals surface area (Å²) in [6, 6.07) is 10.8. The summed E-state index contributed by atoms with van der Waals surface area (Å²) >= 11 is 6.24. The summed E-state index contributed by atoms with van der Waals surface area (Å²) < 4.78 is 16.4. The monoisotopic (exact) mass is 415 g/mol. The third-order valence-electron chi connectivity index (χ3n) is 4.18. The standard InChI is InChI=1S/C22H22ClNO5/c1-14-5-3-6-17(11-14)24-22(26)15(2)29-20(25)8-7-16-12-18(23)21-19(13-16)27-9-4-10-28-21/h3,5-8,11-13,15H,4,9-10H2,1-2H3,(H,24,26)/b8-7+/t15-/m1/s1. The third-order valence-corrected chi connectivity index (χ3v) is 4.46. The van der Waals surface area contributed by atoms with Crippen LogP contribution in [0.15, 0.2) is 42.5 Å². The van der Waals surface area contributed by atoms with Crippen LogP contribution in [0.4, 0.5) is 5.69 Å². The molecule has 1 amide bonds. The van der Waals surface area contributed by atoms with Gasteiger partial charge in [-0.3, -0.25) is 4.79 Å². The highest BCUT2D eigenvalue weighted by Crippen LogP contribution is 2.38. The molecule has 2 aromatic carbocycles. The van der Waals surface area contributed by atoms with E-state index in [1.165, 1.54) is 13.0 Å². The average Bonchev–Trinajstić information content (AvgIpc) is 2.92. The number of carbonyl (C=O) groups is 2. The van der Waals surface area contributed by atoms with Gasteiger partial charge in [-0.15, -0.1) is 0 Å². The van der Waals surface area contributed by atoms with E-state index in [1.807, 2.05) is 25.1 Å². The van der Waals surface area contributed by atoms with Crippen molar-refractivity contribution in [2.24, 2.45) is 0 Å². The number of ether oxygens (including phenoxy) is 3. The van der Waals surface area contributed by atoms with Crippen LogP contribution < -0.4 is 14.8 Å². The van der Waals surface area contributed by atoms with E-state index in [1.54, 1.807) is 24.3 Å². The second-order valence-corrected chi connectivity index (χ2v) is 7.06. The van der Waals surface area contributed by atoms with Crippen LogP contribution in [0.25, 0.3) is 6.08 Å². The van der Waals surface area contributed by atoms with Gasteiger partial charge in [-0.25, -0.2) is 4.79 Å². The Morgan fingerprint density at radius 2 is 2.00 bits per heavy atom. The van der Waals surface area contributed by atoms with Crippen LogP contribution in [0, 0.1) is 6.92 Å². The van der Waals surface area contributed by atoms with Gasteiger partial charge in [0.05, 0.1) is 18.2 Å². The fourth-order valence-electron chi connectivity index (χ4n) is 2.74. The summed E-state index contributed by atoms with van der Waals surface area (Å²) in [4.78, 5) is 24.3. The molecule has 1 N–H and O–H groups in total. The maximum absolute atomic E-state index is 12.2. The van der Waals surface area contributed by atoms with Crippen LogP contribution in [-0.2, 0) is 14.3 Å². The minimum Gasteiger partial charge on any atom is -0.489 e. The Labute approximate surface area is 174 Å². The smallest absolute Gasteiger partial charge is 0.331 e. The lowest BCUT2D eigenvalue weighted by Gasteiger charge is -2.13. The maximum Gasteiger partial charge on any atom is 0.331 e. The van der Waals surface area contributed by atoms with Crippen molar-refractivity contribution in [2.45, 2.75) is 26.4 Å². The van der Waals surface area contributed by atoms with Crippen LogP contribution in [0.3, 0.4) is 0 Å². The van der Waals surface area contributed by atoms with Crippen molar-refractivity contribution in [3.63, 3.8) is 0 Å². The van der Waals surface area contributed by atoms with Crippen LogP contribution in [0.1, 0.15) is 24.5 Å². The number of carbonyl (C=O) groups excluding carboxylic acids is 2.